The Kier molecular flexibility index (Phi) is 11.7. The molecule has 0 aromatic carbocycles. The second kappa shape index (κ2) is 12.6. The zero-order valence-electron chi connectivity index (χ0n) is 19.2. The van der Waals surface area contributed by atoms with Gasteiger partial charge in [0.25, 0.3) is 0 Å². The maximum absolute atomic E-state index is 9.65. The predicted octanol–water partition coefficient (Wildman–Crippen LogP) is 6.84. The Morgan fingerprint density at radius 2 is 1.41 bits per heavy atom. The molecule has 1 N–H and O–H groups in total. The summed E-state index contributed by atoms with van der Waals surface area (Å²) in [4.78, 5) is 0. The van der Waals surface area contributed by atoms with Crippen LogP contribution in [0.1, 0.15) is 105 Å². The van der Waals surface area contributed by atoms with Gasteiger partial charge in [0, 0.05) is 6.42 Å². The van der Waals surface area contributed by atoms with Gasteiger partial charge in [-0.3, -0.25) is 0 Å². The minimum atomic E-state index is -1.76. The van der Waals surface area contributed by atoms with Crippen molar-refractivity contribution in [3.63, 3.8) is 0 Å². The largest absolute Gasteiger partial charge is 0.414 e. The highest BCUT2D eigenvalue weighted by Gasteiger charge is 2.41. The maximum Gasteiger partial charge on any atom is 0.192 e. The third-order valence-electron chi connectivity index (χ3n) is 6.54. The summed E-state index contributed by atoms with van der Waals surface area (Å²) in [7, 11) is -1.76. The normalized spacial score (nSPS) is 24.3. The van der Waals surface area contributed by atoms with Crippen LogP contribution in [0.3, 0.4) is 0 Å². The Bertz CT molecular complexity index is 378. The van der Waals surface area contributed by atoms with Gasteiger partial charge in [-0.2, -0.15) is 0 Å². The molecule has 1 aliphatic heterocycles. The van der Waals surface area contributed by atoms with E-state index in [1.54, 1.807) is 0 Å². The first kappa shape index (κ1) is 25.1. The van der Waals surface area contributed by atoms with Crippen molar-refractivity contribution in [2.24, 2.45) is 0 Å². The van der Waals surface area contributed by atoms with Gasteiger partial charge >= 0.3 is 0 Å². The number of aliphatic hydroxyl groups excluding tert-OH is 1. The summed E-state index contributed by atoms with van der Waals surface area (Å²) in [6.45, 7) is 13.9. The van der Waals surface area contributed by atoms with Gasteiger partial charge in [0.05, 0.1) is 24.9 Å². The molecule has 1 saturated heterocycles. The first-order valence-electron chi connectivity index (χ1n) is 11.6. The van der Waals surface area contributed by atoms with Crippen LogP contribution < -0.4 is 0 Å². The van der Waals surface area contributed by atoms with E-state index in [0.29, 0.717) is 0 Å². The summed E-state index contributed by atoms with van der Waals surface area (Å²) >= 11 is 0. The fraction of sp³-hybridized carbons (Fsp3) is 1.00. The van der Waals surface area contributed by atoms with Crippen LogP contribution >= 0.6 is 0 Å². The molecule has 0 aromatic heterocycles. The third kappa shape index (κ3) is 9.91. The van der Waals surface area contributed by atoms with Crippen LogP contribution in [0, 0.1) is 0 Å². The number of ether oxygens (including phenoxy) is 1. The maximum atomic E-state index is 9.65. The monoisotopic (exact) mass is 400 g/mol. The van der Waals surface area contributed by atoms with E-state index in [2.05, 4.69) is 40.8 Å². The van der Waals surface area contributed by atoms with E-state index >= 15 is 0 Å². The number of unbranched alkanes of at least 4 members (excludes halogenated alkanes) is 8. The Morgan fingerprint density at radius 1 is 0.889 bits per heavy atom. The highest BCUT2D eigenvalue weighted by atomic mass is 28.4. The number of aliphatic hydroxyl groups is 1. The summed E-state index contributed by atoms with van der Waals surface area (Å²) < 4.78 is 12.8. The fourth-order valence-corrected chi connectivity index (χ4v) is 5.12. The zero-order chi connectivity index (χ0) is 20.3. The van der Waals surface area contributed by atoms with Crippen LogP contribution in [0.25, 0.3) is 0 Å². The Morgan fingerprint density at radius 3 is 1.93 bits per heavy atom. The zero-order valence-corrected chi connectivity index (χ0v) is 20.2. The van der Waals surface area contributed by atoms with E-state index in [0.717, 1.165) is 19.3 Å². The lowest BCUT2D eigenvalue weighted by Crippen LogP contribution is -2.48. The second-order valence-corrected chi connectivity index (χ2v) is 14.9. The molecule has 3 nitrogen and oxygen atoms in total. The van der Waals surface area contributed by atoms with E-state index in [9.17, 15) is 5.11 Å². The molecule has 4 heteroatoms. The minimum Gasteiger partial charge on any atom is -0.414 e. The summed E-state index contributed by atoms with van der Waals surface area (Å²) in [5.74, 6) is 0. The molecule has 0 radical (unpaired) electrons. The van der Waals surface area contributed by atoms with E-state index in [1.165, 1.54) is 57.8 Å². The number of hydrogen-bond donors (Lipinski definition) is 1. The molecule has 0 aromatic rings. The number of hydrogen-bond acceptors (Lipinski definition) is 3. The quantitative estimate of drug-likeness (QED) is 0.272. The Hall–Kier alpha value is 0.0969. The standard InChI is InChI=1S/C23H48O3Si/c1-7-8-9-10-11-12-13-14-15-16-20-17-21(18-22(19-24)25-20)26-27(5,6)23(2,3)4/h20-22,24H,7-19H2,1-6H3/t20-,21+,22-/m1/s1. The van der Waals surface area contributed by atoms with Gasteiger partial charge in [-0.1, -0.05) is 85.5 Å². The smallest absolute Gasteiger partial charge is 0.192 e. The molecule has 162 valence electrons. The van der Waals surface area contributed by atoms with Crippen LogP contribution in [-0.2, 0) is 9.16 Å². The lowest BCUT2D eigenvalue weighted by molar-refractivity contribution is -0.111. The van der Waals surface area contributed by atoms with Crippen LogP contribution in [0.2, 0.25) is 18.1 Å². The van der Waals surface area contributed by atoms with E-state index in [-0.39, 0.29) is 30.0 Å². The molecule has 0 aliphatic carbocycles. The van der Waals surface area contributed by atoms with Crippen molar-refractivity contribution in [3.05, 3.63) is 0 Å². The molecule has 1 aliphatic rings. The van der Waals surface area contributed by atoms with E-state index in [1.807, 2.05) is 0 Å². The van der Waals surface area contributed by atoms with E-state index in [4.69, 9.17) is 9.16 Å². The SMILES string of the molecule is CCCCCCCCCCC[C@@H]1C[C@H](O[Si](C)(C)C(C)(C)C)C[C@H](CO)O1. The van der Waals surface area contributed by atoms with Crippen LogP contribution in [0.4, 0.5) is 0 Å². The molecule has 1 rings (SSSR count). The van der Waals surface area contributed by atoms with Gasteiger partial charge in [-0.25, -0.2) is 0 Å². The summed E-state index contributed by atoms with van der Waals surface area (Å²) in [6.07, 6.45) is 15.6. The average molecular weight is 401 g/mol. The second-order valence-electron chi connectivity index (χ2n) is 10.2. The first-order valence-corrected chi connectivity index (χ1v) is 14.5. The summed E-state index contributed by atoms with van der Waals surface area (Å²) in [6, 6.07) is 0. The molecule has 0 spiro atoms. The molecule has 0 unspecified atom stereocenters. The van der Waals surface area contributed by atoms with Crippen molar-refractivity contribution in [2.45, 2.75) is 141 Å². The molecule has 1 heterocycles. The van der Waals surface area contributed by atoms with Crippen molar-refractivity contribution < 1.29 is 14.3 Å². The van der Waals surface area contributed by atoms with Crippen molar-refractivity contribution in [2.75, 3.05) is 6.61 Å². The lowest BCUT2D eigenvalue weighted by Gasteiger charge is -2.43. The highest BCUT2D eigenvalue weighted by Crippen LogP contribution is 2.39. The molecule has 3 atom stereocenters. The number of rotatable bonds is 13. The summed E-state index contributed by atoms with van der Waals surface area (Å²) in [5, 5.41) is 9.87. The molecular formula is C23H48O3Si. The van der Waals surface area contributed by atoms with Crippen molar-refractivity contribution in [1.29, 1.82) is 0 Å². The van der Waals surface area contributed by atoms with Crippen LogP contribution in [-0.4, -0.2) is 38.3 Å². The lowest BCUT2D eigenvalue weighted by atomic mass is 9.97. The summed E-state index contributed by atoms with van der Waals surface area (Å²) in [5.41, 5.74) is 0. The minimum absolute atomic E-state index is 0.0444. The van der Waals surface area contributed by atoms with Gasteiger partial charge in [-0.15, -0.1) is 0 Å². The fourth-order valence-electron chi connectivity index (χ4n) is 3.74. The Labute approximate surface area is 170 Å². The average Bonchev–Trinajstić information content (AvgIpc) is 2.58. The van der Waals surface area contributed by atoms with Crippen molar-refractivity contribution in [3.8, 4) is 0 Å². The first-order chi connectivity index (χ1) is 12.7. The van der Waals surface area contributed by atoms with Crippen molar-refractivity contribution in [1.82, 2.24) is 0 Å². The Balaban J connectivity index is 2.30. The predicted molar refractivity (Wildman–Crippen MR) is 119 cm³/mol. The van der Waals surface area contributed by atoms with Gasteiger partial charge in [0.1, 0.15) is 0 Å². The van der Waals surface area contributed by atoms with Crippen molar-refractivity contribution >= 4 is 8.32 Å². The molecule has 0 bridgehead atoms. The van der Waals surface area contributed by atoms with Gasteiger partial charge in [0.2, 0.25) is 0 Å². The topological polar surface area (TPSA) is 38.7 Å². The third-order valence-corrected chi connectivity index (χ3v) is 11.1. The van der Waals surface area contributed by atoms with Crippen LogP contribution in [0.15, 0.2) is 0 Å². The molecule has 27 heavy (non-hydrogen) atoms. The van der Waals surface area contributed by atoms with Gasteiger partial charge in [-0.05, 0) is 31.0 Å². The molecule has 1 fully saturated rings. The van der Waals surface area contributed by atoms with Gasteiger partial charge < -0.3 is 14.3 Å². The van der Waals surface area contributed by atoms with E-state index < -0.39 is 8.32 Å². The molecule has 0 saturated carbocycles. The molecular weight excluding hydrogens is 352 g/mol. The van der Waals surface area contributed by atoms with Gasteiger partial charge in [0.15, 0.2) is 8.32 Å². The van der Waals surface area contributed by atoms with Crippen LogP contribution in [0.5, 0.6) is 0 Å². The molecule has 0 amide bonds. The highest BCUT2D eigenvalue weighted by molar-refractivity contribution is 6.74.